The van der Waals surface area contributed by atoms with E-state index in [4.69, 9.17) is 14.2 Å². The van der Waals surface area contributed by atoms with Crippen molar-refractivity contribution >= 4 is 12.1 Å². The molecule has 1 aliphatic heterocycles. The van der Waals surface area contributed by atoms with Gasteiger partial charge in [0.2, 0.25) is 0 Å². The Balaban J connectivity index is 2.26. The lowest BCUT2D eigenvalue weighted by molar-refractivity contribution is -0.156. The van der Waals surface area contributed by atoms with Crippen molar-refractivity contribution in [3.63, 3.8) is 0 Å². The molecule has 0 aromatic heterocycles. The molecule has 1 amide bonds. The third-order valence-corrected chi connectivity index (χ3v) is 4.12. The number of carbonyl (C=O) groups excluding carboxylic acids is 2. The van der Waals surface area contributed by atoms with Gasteiger partial charge in [-0.05, 0) is 33.3 Å². The van der Waals surface area contributed by atoms with E-state index < -0.39 is 35.2 Å². The predicted octanol–water partition coefficient (Wildman–Crippen LogP) is 2.83. The maximum Gasteiger partial charge on any atom is 0.407 e. The molecular formula is C18H25NO5. The summed E-state index contributed by atoms with van der Waals surface area (Å²) in [6.07, 6.45) is -1.09. The summed E-state index contributed by atoms with van der Waals surface area (Å²) in [6.45, 7) is 7.29. The Labute approximate surface area is 142 Å². The SMILES string of the molecule is COC(=O)[C@@]1(C)[C@@H](c2ccccc2)OC[C@H]1NC(=O)OC(C)(C)C. The van der Waals surface area contributed by atoms with Crippen molar-refractivity contribution in [1.29, 1.82) is 0 Å². The Morgan fingerprint density at radius 1 is 1.25 bits per heavy atom. The zero-order chi connectivity index (χ0) is 18.0. The molecule has 3 atom stereocenters. The van der Waals surface area contributed by atoms with Crippen LogP contribution in [0, 0.1) is 5.41 Å². The highest BCUT2D eigenvalue weighted by Gasteiger charge is 2.56. The quantitative estimate of drug-likeness (QED) is 0.860. The number of hydrogen-bond donors (Lipinski definition) is 1. The first-order valence-electron chi connectivity index (χ1n) is 7.93. The summed E-state index contributed by atoms with van der Waals surface area (Å²) >= 11 is 0. The summed E-state index contributed by atoms with van der Waals surface area (Å²) in [5.74, 6) is -0.435. The first-order valence-corrected chi connectivity index (χ1v) is 7.93. The van der Waals surface area contributed by atoms with E-state index in [1.165, 1.54) is 7.11 Å². The van der Waals surface area contributed by atoms with Crippen LogP contribution in [0.5, 0.6) is 0 Å². The van der Waals surface area contributed by atoms with E-state index in [9.17, 15) is 9.59 Å². The van der Waals surface area contributed by atoms with E-state index in [-0.39, 0.29) is 6.61 Å². The van der Waals surface area contributed by atoms with Crippen LogP contribution >= 0.6 is 0 Å². The lowest BCUT2D eigenvalue weighted by atomic mass is 9.76. The standard InChI is InChI=1S/C18H25NO5/c1-17(2,3)24-16(21)19-13-11-23-14(12-9-7-6-8-10-12)18(13,4)15(20)22-5/h6-10,13-14H,11H2,1-5H3,(H,19,21)/t13-,14-,18-/m1/s1. The molecular weight excluding hydrogens is 310 g/mol. The van der Waals surface area contributed by atoms with Crippen molar-refractivity contribution < 1.29 is 23.8 Å². The van der Waals surface area contributed by atoms with Crippen LogP contribution in [0.15, 0.2) is 30.3 Å². The molecule has 1 heterocycles. The summed E-state index contributed by atoms with van der Waals surface area (Å²) < 4.78 is 16.1. The number of alkyl carbamates (subject to hydrolysis) is 1. The zero-order valence-electron chi connectivity index (χ0n) is 14.8. The fourth-order valence-corrected chi connectivity index (χ4v) is 2.90. The van der Waals surface area contributed by atoms with Crippen molar-refractivity contribution in [2.75, 3.05) is 13.7 Å². The minimum atomic E-state index is -1.05. The van der Waals surface area contributed by atoms with Crippen molar-refractivity contribution in [3.8, 4) is 0 Å². The van der Waals surface area contributed by atoms with Gasteiger partial charge in [-0.15, -0.1) is 0 Å². The topological polar surface area (TPSA) is 73.9 Å². The van der Waals surface area contributed by atoms with E-state index in [0.717, 1.165) is 5.56 Å². The average Bonchev–Trinajstić information content (AvgIpc) is 2.83. The third-order valence-electron chi connectivity index (χ3n) is 4.12. The Morgan fingerprint density at radius 2 is 1.88 bits per heavy atom. The van der Waals surface area contributed by atoms with Crippen molar-refractivity contribution in [2.45, 2.75) is 45.4 Å². The highest BCUT2D eigenvalue weighted by molar-refractivity contribution is 5.80. The van der Waals surface area contributed by atoms with Gasteiger partial charge in [0, 0.05) is 0 Å². The molecule has 1 N–H and O–H groups in total. The molecule has 1 aromatic rings. The molecule has 1 aliphatic rings. The van der Waals surface area contributed by atoms with Crippen LogP contribution < -0.4 is 5.32 Å². The Hall–Kier alpha value is -2.08. The molecule has 0 spiro atoms. The molecule has 132 valence electrons. The fraction of sp³-hybridized carbons (Fsp3) is 0.556. The second-order valence-electron chi connectivity index (χ2n) is 7.10. The molecule has 1 saturated heterocycles. The van der Waals surface area contributed by atoms with Crippen LogP contribution in [-0.2, 0) is 19.0 Å². The van der Waals surface area contributed by atoms with Gasteiger partial charge in [-0.25, -0.2) is 4.79 Å². The van der Waals surface area contributed by atoms with Crippen molar-refractivity contribution in [2.24, 2.45) is 5.41 Å². The molecule has 2 rings (SSSR count). The maximum absolute atomic E-state index is 12.5. The lowest BCUT2D eigenvalue weighted by Crippen LogP contribution is -2.51. The molecule has 0 aliphatic carbocycles. The first-order chi connectivity index (χ1) is 11.2. The van der Waals surface area contributed by atoms with E-state index in [2.05, 4.69) is 5.32 Å². The number of hydrogen-bond acceptors (Lipinski definition) is 5. The second-order valence-corrected chi connectivity index (χ2v) is 7.10. The fourth-order valence-electron chi connectivity index (χ4n) is 2.90. The number of benzene rings is 1. The van der Waals surface area contributed by atoms with Gasteiger partial charge in [0.1, 0.15) is 17.1 Å². The Morgan fingerprint density at radius 3 is 2.42 bits per heavy atom. The number of carbonyl (C=O) groups is 2. The molecule has 6 heteroatoms. The normalized spacial score (nSPS) is 26.7. The van der Waals surface area contributed by atoms with E-state index in [1.54, 1.807) is 27.7 Å². The average molecular weight is 335 g/mol. The van der Waals surface area contributed by atoms with E-state index in [0.29, 0.717) is 0 Å². The summed E-state index contributed by atoms with van der Waals surface area (Å²) in [6, 6.07) is 8.88. The minimum absolute atomic E-state index is 0.199. The Kier molecular flexibility index (Phi) is 5.18. The van der Waals surface area contributed by atoms with Crippen LogP contribution in [0.25, 0.3) is 0 Å². The number of esters is 1. The van der Waals surface area contributed by atoms with Gasteiger partial charge in [0.25, 0.3) is 0 Å². The molecule has 0 saturated carbocycles. The Bertz CT molecular complexity index is 595. The molecule has 1 aromatic carbocycles. The van der Waals surface area contributed by atoms with Crippen LogP contribution in [0.2, 0.25) is 0 Å². The minimum Gasteiger partial charge on any atom is -0.468 e. The summed E-state index contributed by atoms with van der Waals surface area (Å²) in [5.41, 5.74) is -0.810. The largest absolute Gasteiger partial charge is 0.468 e. The third kappa shape index (κ3) is 3.70. The molecule has 6 nitrogen and oxygen atoms in total. The van der Waals surface area contributed by atoms with Crippen LogP contribution in [0.1, 0.15) is 39.4 Å². The van der Waals surface area contributed by atoms with Gasteiger partial charge < -0.3 is 19.5 Å². The van der Waals surface area contributed by atoms with Gasteiger partial charge in [-0.3, -0.25) is 4.79 Å². The second kappa shape index (κ2) is 6.81. The highest BCUT2D eigenvalue weighted by atomic mass is 16.6. The van der Waals surface area contributed by atoms with Gasteiger partial charge in [0.05, 0.1) is 19.8 Å². The summed E-state index contributed by atoms with van der Waals surface area (Å²) in [7, 11) is 1.33. The monoisotopic (exact) mass is 335 g/mol. The highest BCUT2D eigenvalue weighted by Crippen LogP contribution is 2.46. The number of ether oxygens (including phenoxy) is 3. The first kappa shape index (κ1) is 18.3. The number of nitrogens with one attached hydrogen (secondary N) is 1. The number of rotatable bonds is 3. The molecule has 0 radical (unpaired) electrons. The molecule has 0 unspecified atom stereocenters. The molecule has 1 fully saturated rings. The number of amides is 1. The summed E-state index contributed by atoms with van der Waals surface area (Å²) in [4.78, 5) is 24.6. The van der Waals surface area contributed by atoms with Gasteiger partial charge in [0.15, 0.2) is 0 Å². The predicted molar refractivity (Wildman–Crippen MR) is 88.4 cm³/mol. The van der Waals surface area contributed by atoms with Crippen LogP contribution in [0.3, 0.4) is 0 Å². The van der Waals surface area contributed by atoms with Gasteiger partial charge in [-0.1, -0.05) is 30.3 Å². The maximum atomic E-state index is 12.5. The molecule has 0 bridgehead atoms. The van der Waals surface area contributed by atoms with Crippen LogP contribution in [-0.4, -0.2) is 37.4 Å². The van der Waals surface area contributed by atoms with Crippen LogP contribution in [0.4, 0.5) is 4.79 Å². The van der Waals surface area contributed by atoms with Gasteiger partial charge in [-0.2, -0.15) is 0 Å². The smallest absolute Gasteiger partial charge is 0.407 e. The van der Waals surface area contributed by atoms with E-state index in [1.807, 2.05) is 30.3 Å². The molecule has 24 heavy (non-hydrogen) atoms. The van der Waals surface area contributed by atoms with Crippen molar-refractivity contribution in [3.05, 3.63) is 35.9 Å². The lowest BCUT2D eigenvalue weighted by Gasteiger charge is -2.32. The summed E-state index contributed by atoms with van der Waals surface area (Å²) in [5, 5.41) is 2.75. The number of methoxy groups -OCH3 is 1. The van der Waals surface area contributed by atoms with Gasteiger partial charge >= 0.3 is 12.1 Å². The van der Waals surface area contributed by atoms with Crippen molar-refractivity contribution in [1.82, 2.24) is 5.32 Å². The zero-order valence-corrected chi connectivity index (χ0v) is 14.8. The van der Waals surface area contributed by atoms with E-state index >= 15 is 0 Å².